The molecule has 5 heteroatoms. The van der Waals surface area contributed by atoms with E-state index in [9.17, 15) is 0 Å². The van der Waals surface area contributed by atoms with E-state index in [1.54, 1.807) is 0 Å². The third kappa shape index (κ3) is 5.31. The molecule has 0 aromatic carbocycles. The predicted octanol–water partition coefficient (Wildman–Crippen LogP) is 1.48. The second kappa shape index (κ2) is 7.16. The highest BCUT2D eigenvalue weighted by Gasteiger charge is 2.08. The van der Waals surface area contributed by atoms with Crippen molar-refractivity contribution in [2.75, 3.05) is 19.6 Å². The summed E-state index contributed by atoms with van der Waals surface area (Å²) in [4.78, 5) is 6.59. The maximum absolute atomic E-state index is 7.31. The van der Waals surface area contributed by atoms with E-state index in [4.69, 9.17) is 11.1 Å². The van der Waals surface area contributed by atoms with Gasteiger partial charge in [0.2, 0.25) is 0 Å². The molecule has 18 heavy (non-hydrogen) atoms. The predicted molar refractivity (Wildman–Crippen MR) is 74.8 cm³/mol. The van der Waals surface area contributed by atoms with Crippen molar-refractivity contribution >= 4 is 5.84 Å². The fourth-order valence-electron chi connectivity index (χ4n) is 1.98. The zero-order valence-corrected chi connectivity index (χ0v) is 11.7. The van der Waals surface area contributed by atoms with Crippen LogP contribution in [0.5, 0.6) is 0 Å². The first-order chi connectivity index (χ1) is 8.49. The van der Waals surface area contributed by atoms with Crippen LogP contribution < -0.4 is 5.73 Å². The van der Waals surface area contributed by atoms with Gasteiger partial charge in [-0.25, -0.2) is 4.98 Å². The van der Waals surface area contributed by atoms with Gasteiger partial charge in [-0.05, 0) is 12.8 Å². The molecular formula is C13H25N5. The van der Waals surface area contributed by atoms with E-state index in [0.717, 1.165) is 32.0 Å². The minimum absolute atomic E-state index is 0.266. The Labute approximate surface area is 110 Å². The van der Waals surface area contributed by atoms with Crippen molar-refractivity contribution in [3.05, 3.63) is 18.2 Å². The fourth-order valence-corrected chi connectivity index (χ4v) is 1.98. The molecule has 0 bridgehead atoms. The van der Waals surface area contributed by atoms with Gasteiger partial charge in [0.15, 0.2) is 0 Å². The third-order valence-electron chi connectivity index (χ3n) is 2.90. The molecule has 3 N–H and O–H groups in total. The van der Waals surface area contributed by atoms with Crippen molar-refractivity contribution in [2.24, 2.45) is 11.7 Å². The molecule has 1 aromatic rings. The number of hydrogen-bond donors (Lipinski definition) is 2. The molecule has 102 valence electrons. The van der Waals surface area contributed by atoms with E-state index >= 15 is 0 Å². The molecule has 0 radical (unpaired) electrons. The second-order valence-corrected chi connectivity index (χ2v) is 5.14. The van der Waals surface area contributed by atoms with Crippen LogP contribution in [0.4, 0.5) is 0 Å². The van der Waals surface area contributed by atoms with E-state index in [2.05, 4.69) is 28.3 Å². The number of hydrogen-bond acceptors (Lipinski definition) is 3. The van der Waals surface area contributed by atoms with Gasteiger partial charge in [0.25, 0.3) is 0 Å². The van der Waals surface area contributed by atoms with Crippen LogP contribution in [0.1, 0.15) is 26.1 Å². The van der Waals surface area contributed by atoms with Crippen LogP contribution >= 0.6 is 0 Å². The number of nitrogens with two attached hydrogens (primary N) is 1. The molecule has 0 aliphatic heterocycles. The SMILES string of the molecule is Cc1nccn1CCN(CCC(=N)N)CC(C)C. The van der Waals surface area contributed by atoms with E-state index in [-0.39, 0.29) is 5.84 Å². The molecule has 0 saturated carbocycles. The number of aryl methyl sites for hydroxylation is 1. The molecule has 1 heterocycles. The quantitative estimate of drug-likeness (QED) is 0.543. The van der Waals surface area contributed by atoms with Crippen molar-refractivity contribution in [3.63, 3.8) is 0 Å². The number of imidazole rings is 1. The van der Waals surface area contributed by atoms with Crippen LogP contribution in [0.3, 0.4) is 0 Å². The maximum atomic E-state index is 7.31. The average Bonchev–Trinajstić information content (AvgIpc) is 2.67. The smallest absolute Gasteiger partial charge is 0.105 e. The van der Waals surface area contributed by atoms with Gasteiger partial charge in [-0.2, -0.15) is 0 Å². The molecule has 0 unspecified atom stereocenters. The first kappa shape index (κ1) is 14.7. The van der Waals surface area contributed by atoms with Gasteiger partial charge >= 0.3 is 0 Å². The normalized spacial score (nSPS) is 11.4. The molecule has 1 aromatic heterocycles. The molecule has 0 spiro atoms. The topological polar surface area (TPSA) is 70.9 Å². The highest BCUT2D eigenvalue weighted by molar-refractivity contribution is 5.76. The average molecular weight is 251 g/mol. The van der Waals surface area contributed by atoms with E-state index in [0.29, 0.717) is 12.3 Å². The number of nitrogens with one attached hydrogen (secondary N) is 1. The molecule has 0 fully saturated rings. The summed E-state index contributed by atoms with van der Waals surface area (Å²) in [5.74, 6) is 1.94. The molecule has 5 nitrogen and oxygen atoms in total. The largest absolute Gasteiger partial charge is 0.388 e. The lowest BCUT2D eigenvalue weighted by atomic mass is 10.2. The Morgan fingerprint density at radius 3 is 2.72 bits per heavy atom. The van der Waals surface area contributed by atoms with Gasteiger partial charge < -0.3 is 15.2 Å². The Morgan fingerprint density at radius 1 is 1.50 bits per heavy atom. The highest BCUT2D eigenvalue weighted by Crippen LogP contribution is 2.02. The zero-order valence-electron chi connectivity index (χ0n) is 11.7. The van der Waals surface area contributed by atoms with Crippen molar-refractivity contribution in [3.8, 4) is 0 Å². The Bertz CT molecular complexity index is 369. The van der Waals surface area contributed by atoms with Crippen LogP contribution in [0, 0.1) is 18.3 Å². The van der Waals surface area contributed by atoms with Gasteiger partial charge in [-0.1, -0.05) is 13.8 Å². The summed E-state index contributed by atoms with van der Waals surface area (Å²) in [7, 11) is 0. The monoisotopic (exact) mass is 251 g/mol. The summed E-state index contributed by atoms with van der Waals surface area (Å²) in [5.41, 5.74) is 5.43. The Balaban J connectivity index is 2.45. The first-order valence-corrected chi connectivity index (χ1v) is 6.52. The van der Waals surface area contributed by atoms with Crippen LogP contribution in [0.2, 0.25) is 0 Å². The molecule has 0 aliphatic carbocycles. The molecule has 0 atom stereocenters. The molecular weight excluding hydrogens is 226 g/mol. The summed E-state index contributed by atoms with van der Waals surface area (Å²) in [6.45, 7) is 10.3. The van der Waals surface area contributed by atoms with Crippen LogP contribution in [0.15, 0.2) is 12.4 Å². The van der Waals surface area contributed by atoms with Gasteiger partial charge in [0.1, 0.15) is 5.82 Å². The van der Waals surface area contributed by atoms with E-state index < -0.39 is 0 Å². The van der Waals surface area contributed by atoms with Crippen molar-refractivity contribution in [1.82, 2.24) is 14.5 Å². The lowest BCUT2D eigenvalue weighted by Crippen LogP contribution is -2.34. The standard InChI is InChI=1S/C13H25N5/c1-11(2)10-17(6-4-13(14)15)8-9-18-7-5-16-12(18)3/h5,7,11H,4,6,8-10H2,1-3H3,(H3,14,15). The van der Waals surface area contributed by atoms with Gasteiger partial charge in [0, 0.05) is 45.0 Å². The second-order valence-electron chi connectivity index (χ2n) is 5.14. The molecule has 0 amide bonds. The number of nitrogens with zero attached hydrogens (tertiary/aromatic N) is 3. The maximum Gasteiger partial charge on any atom is 0.105 e. The number of amidine groups is 1. The van der Waals surface area contributed by atoms with Gasteiger partial charge in [0.05, 0.1) is 5.84 Å². The summed E-state index contributed by atoms with van der Waals surface area (Å²) in [6.07, 6.45) is 4.49. The molecule has 0 saturated heterocycles. The van der Waals surface area contributed by atoms with Crippen molar-refractivity contribution in [2.45, 2.75) is 33.7 Å². The molecule has 1 rings (SSSR count). The van der Waals surface area contributed by atoms with Crippen LogP contribution in [0.25, 0.3) is 0 Å². The highest BCUT2D eigenvalue weighted by atomic mass is 15.2. The van der Waals surface area contributed by atoms with Crippen LogP contribution in [-0.4, -0.2) is 39.9 Å². The summed E-state index contributed by atoms with van der Waals surface area (Å²) in [6, 6.07) is 0. The van der Waals surface area contributed by atoms with Gasteiger partial charge in [-0.3, -0.25) is 5.41 Å². The van der Waals surface area contributed by atoms with Crippen molar-refractivity contribution < 1.29 is 0 Å². The third-order valence-corrected chi connectivity index (χ3v) is 2.90. The lowest BCUT2D eigenvalue weighted by Gasteiger charge is -2.24. The first-order valence-electron chi connectivity index (χ1n) is 6.52. The Morgan fingerprint density at radius 2 is 2.22 bits per heavy atom. The lowest BCUT2D eigenvalue weighted by molar-refractivity contribution is 0.240. The minimum atomic E-state index is 0.266. The zero-order chi connectivity index (χ0) is 13.5. The van der Waals surface area contributed by atoms with Gasteiger partial charge in [-0.15, -0.1) is 0 Å². The summed E-state index contributed by atoms with van der Waals surface area (Å²) >= 11 is 0. The Kier molecular flexibility index (Phi) is 5.85. The van der Waals surface area contributed by atoms with Crippen molar-refractivity contribution in [1.29, 1.82) is 5.41 Å². The summed E-state index contributed by atoms with van der Waals surface area (Å²) in [5, 5.41) is 7.31. The van der Waals surface area contributed by atoms with E-state index in [1.165, 1.54) is 0 Å². The molecule has 0 aliphatic rings. The fraction of sp³-hybridized carbons (Fsp3) is 0.692. The van der Waals surface area contributed by atoms with E-state index in [1.807, 2.05) is 19.3 Å². The number of rotatable bonds is 8. The number of aromatic nitrogens is 2. The minimum Gasteiger partial charge on any atom is -0.388 e. The Hall–Kier alpha value is -1.36. The van der Waals surface area contributed by atoms with Crippen LogP contribution in [-0.2, 0) is 6.54 Å². The summed E-state index contributed by atoms with van der Waals surface area (Å²) < 4.78 is 2.15.